The highest BCUT2D eigenvalue weighted by molar-refractivity contribution is 5.09. The molecular weight excluding hydrogens is 214 g/mol. The SMILES string of the molecule is OC1CCn2c(cnc2CCN2CCCC2)C1. The highest BCUT2D eigenvalue weighted by Crippen LogP contribution is 2.18. The van der Waals surface area contributed by atoms with E-state index in [4.69, 9.17) is 0 Å². The molecule has 94 valence electrons. The summed E-state index contributed by atoms with van der Waals surface area (Å²) in [7, 11) is 0. The maximum atomic E-state index is 9.62. The minimum absolute atomic E-state index is 0.161. The average molecular weight is 235 g/mol. The van der Waals surface area contributed by atoms with Crippen molar-refractivity contribution >= 4 is 0 Å². The van der Waals surface area contributed by atoms with Gasteiger partial charge in [0.2, 0.25) is 0 Å². The van der Waals surface area contributed by atoms with Crippen molar-refractivity contribution in [2.24, 2.45) is 0 Å². The first-order valence-corrected chi connectivity index (χ1v) is 6.76. The Morgan fingerprint density at radius 3 is 2.94 bits per heavy atom. The van der Waals surface area contributed by atoms with Gasteiger partial charge in [-0.1, -0.05) is 0 Å². The number of fused-ring (bicyclic) bond motifs is 1. The Morgan fingerprint density at radius 2 is 2.12 bits per heavy atom. The molecule has 1 aromatic heterocycles. The summed E-state index contributed by atoms with van der Waals surface area (Å²) in [6.07, 6.45) is 7.19. The maximum Gasteiger partial charge on any atom is 0.110 e. The van der Waals surface area contributed by atoms with Crippen molar-refractivity contribution in [2.75, 3.05) is 19.6 Å². The predicted molar refractivity (Wildman–Crippen MR) is 65.9 cm³/mol. The number of aromatic nitrogens is 2. The molecular formula is C13H21N3O. The molecule has 0 bridgehead atoms. The molecule has 1 fully saturated rings. The Hall–Kier alpha value is -0.870. The van der Waals surface area contributed by atoms with Crippen LogP contribution in [-0.2, 0) is 19.4 Å². The fraction of sp³-hybridized carbons (Fsp3) is 0.769. The molecule has 0 spiro atoms. The molecule has 4 nitrogen and oxygen atoms in total. The molecule has 1 N–H and O–H groups in total. The van der Waals surface area contributed by atoms with Gasteiger partial charge in [0.15, 0.2) is 0 Å². The molecule has 2 aliphatic heterocycles. The summed E-state index contributed by atoms with van der Waals surface area (Å²) < 4.78 is 2.31. The number of hydrogen-bond acceptors (Lipinski definition) is 3. The number of imidazole rings is 1. The Morgan fingerprint density at radius 1 is 1.29 bits per heavy atom. The molecule has 2 aliphatic rings. The molecule has 0 aromatic carbocycles. The van der Waals surface area contributed by atoms with E-state index in [2.05, 4.69) is 14.5 Å². The lowest BCUT2D eigenvalue weighted by molar-refractivity contribution is 0.142. The quantitative estimate of drug-likeness (QED) is 0.843. The van der Waals surface area contributed by atoms with E-state index < -0.39 is 0 Å². The van der Waals surface area contributed by atoms with Crippen molar-refractivity contribution in [3.05, 3.63) is 17.7 Å². The van der Waals surface area contributed by atoms with E-state index in [1.807, 2.05) is 6.20 Å². The third kappa shape index (κ3) is 2.38. The van der Waals surface area contributed by atoms with Crippen LogP contribution in [0.15, 0.2) is 6.20 Å². The number of rotatable bonds is 3. The second-order valence-corrected chi connectivity index (χ2v) is 5.26. The van der Waals surface area contributed by atoms with Crippen molar-refractivity contribution < 1.29 is 5.11 Å². The summed E-state index contributed by atoms with van der Waals surface area (Å²) in [6.45, 7) is 4.59. The van der Waals surface area contributed by atoms with Gasteiger partial charge in [-0.05, 0) is 32.4 Å². The van der Waals surface area contributed by atoms with Crippen molar-refractivity contribution in [3.8, 4) is 0 Å². The standard InChI is InChI=1S/C13H21N3O/c17-12-3-8-16-11(9-12)10-14-13(16)4-7-15-5-1-2-6-15/h10,12,17H,1-9H2. The highest BCUT2D eigenvalue weighted by atomic mass is 16.3. The number of aliphatic hydroxyl groups excluding tert-OH is 1. The minimum Gasteiger partial charge on any atom is -0.393 e. The first-order chi connectivity index (χ1) is 8.33. The molecule has 0 aliphatic carbocycles. The van der Waals surface area contributed by atoms with Crippen LogP contribution in [0.3, 0.4) is 0 Å². The van der Waals surface area contributed by atoms with Crippen LogP contribution in [0.1, 0.15) is 30.8 Å². The summed E-state index contributed by atoms with van der Waals surface area (Å²) in [4.78, 5) is 7.05. The number of likely N-dealkylation sites (tertiary alicyclic amines) is 1. The minimum atomic E-state index is -0.161. The third-order valence-electron chi connectivity index (χ3n) is 4.00. The number of hydrogen-bond donors (Lipinski definition) is 1. The van der Waals surface area contributed by atoms with E-state index >= 15 is 0 Å². The third-order valence-corrected chi connectivity index (χ3v) is 4.00. The van der Waals surface area contributed by atoms with Crippen molar-refractivity contribution in [3.63, 3.8) is 0 Å². The zero-order valence-electron chi connectivity index (χ0n) is 10.3. The predicted octanol–water partition coefficient (Wildman–Crippen LogP) is 0.828. The zero-order chi connectivity index (χ0) is 11.7. The van der Waals surface area contributed by atoms with Crippen LogP contribution in [0.5, 0.6) is 0 Å². The lowest BCUT2D eigenvalue weighted by atomic mass is 10.1. The van der Waals surface area contributed by atoms with Crippen LogP contribution in [-0.4, -0.2) is 45.3 Å². The molecule has 3 heterocycles. The fourth-order valence-corrected chi connectivity index (χ4v) is 2.98. The summed E-state index contributed by atoms with van der Waals surface area (Å²) in [5.41, 5.74) is 1.21. The van der Waals surface area contributed by atoms with Crippen LogP contribution in [0, 0.1) is 0 Å². The Labute approximate surface area is 102 Å². The zero-order valence-corrected chi connectivity index (χ0v) is 10.3. The van der Waals surface area contributed by atoms with E-state index in [0.717, 1.165) is 32.4 Å². The van der Waals surface area contributed by atoms with Gasteiger partial charge in [-0.15, -0.1) is 0 Å². The molecule has 3 rings (SSSR count). The smallest absolute Gasteiger partial charge is 0.110 e. The summed E-state index contributed by atoms with van der Waals surface area (Å²) in [5.74, 6) is 1.21. The van der Waals surface area contributed by atoms with Crippen LogP contribution in [0.25, 0.3) is 0 Å². The van der Waals surface area contributed by atoms with Gasteiger partial charge in [-0.25, -0.2) is 4.98 Å². The van der Waals surface area contributed by atoms with Gasteiger partial charge in [0, 0.05) is 37.8 Å². The van der Waals surface area contributed by atoms with E-state index in [-0.39, 0.29) is 6.10 Å². The van der Waals surface area contributed by atoms with Gasteiger partial charge in [-0.3, -0.25) is 0 Å². The van der Waals surface area contributed by atoms with Crippen LogP contribution < -0.4 is 0 Å². The van der Waals surface area contributed by atoms with E-state index in [1.54, 1.807) is 0 Å². The molecule has 1 aromatic rings. The number of nitrogens with zero attached hydrogens (tertiary/aromatic N) is 3. The van der Waals surface area contributed by atoms with Gasteiger partial charge in [-0.2, -0.15) is 0 Å². The Kier molecular flexibility index (Phi) is 3.16. The van der Waals surface area contributed by atoms with Crippen molar-refractivity contribution in [1.29, 1.82) is 0 Å². The van der Waals surface area contributed by atoms with Gasteiger partial charge in [0.1, 0.15) is 5.82 Å². The van der Waals surface area contributed by atoms with Crippen molar-refractivity contribution in [1.82, 2.24) is 14.5 Å². The number of aliphatic hydroxyl groups is 1. The second kappa shape index (κ2) is 4.78. The van der Waals surface area contributed by atoms with E-state index in [9.17, 15) is 5.11 Å². The van der Waals surface area contributed by atoms with Crippen LogP contribution in [0.2, 0.25) is 0 Å². The van der Waals surface area contributed by atoms with Crippen molar-refractivity contribution in [2.45, 2.75) is 44.8 Å². The molecule has 1 atom stereocenters. The molecule has 0 saturated carbocycles. The second-order valence-electron chi connectivity index (χ2n) is 5.26. The lowest BCUT2D eigenvalue weighted by Crippen LogP contribution is -2.26. The van der Waals surface area contributed by atoms with E-state index in [0.29, 0.717) is 0 Å². The lowest BCUT2D eigenvalue weighted by Gasteiger charge is -2.21. The normalized spacial score (nSPS) is 25.1. The molecule has 1 saturated heterocycles. The van der Waals surface area contributed by atoms with Gasteiger partial charge in [0.05, 0.1) is 6.10 Å². The molecule has 0 amide bonds. The Balaban J connectivity index is 1.63. The van der Waals surface area contributed by atoms with Crippen LogP contribution >= 0.6 is 0 Å². The molecule has 1 unspecified atom stereocenters. The highest BCUT2D eigenvalue weighted by Gasteiger charge is 2.20. The summed E-state index contributed by atoms with van der Waals surface area (Å²) in [6, 6.07) is 0. The first kappa shape index (κ1) is 11.2. The summed E-state index contributed by atoms with van der Waals surface area (Å²) in [5, 5.41) is 9.62. The summed E-state index contributed by atoms with van der Waals surface area (Å²) >= 11 is 0. The fourth-order valence-electron chi connectivity index (χ4n) is 2.98. The van der Waals surface area contributed by atoms with Gasteiger partial charge in [0.25, 0.3) is 0 Å². The Bertz CT molecular complexity index is 382. The average Bonchev–Trinajstić information content (AvgIpc) is 2.94. The molecule has 17 heavy (non-hydrogen) atoms. The largest absolute Gasteiger partial charge is 0.393 e. The topological polar surface area (TPSA) is 41.3 Å². The van der Waals surface area contributed by atoms with E-state index in [1.165, 1.54) is 37.4 Å². The monoisotopic (exact) mass is 235 g/mol. The first-order valence-electron chi connectivity index (χ1n) is 6.76. The van der Waals surface area contributed by atoms with Gasteiger partial charge < -0.3 is 14.6 Å². The van der Waals surface area contributed by atoms with Gasteiger partial charge >= 0.3 is 0 Å². The maximum absolute atomic E-state index is 9.62. The van der Waals surface area contributed by atoms with Crippen LogP contribution in [0.4, 0.5) is 0 Å². The molecule has 0 radical (unpaired) electrons. The molecule has 4 heteroatoms.